The fourth-order valence-electron chi connectivity index (χ4n) is 4.70. The molecule has 33 heavy (non-hydrogen) atoms. The molecule has 0 fully saturated rings. The van der Waals surface area contributed by atoms with Gasteiger partial charge in [-0.05, 0) is 0 Å². The van der Waals surface area contributed by atoms with Gasteiger partial charge in [-0.1, -0.05) is 0 Å². The predicted molar refractivity (Wildman–Crippen MR) is 150 cm³/mol. The van der Waals surface area contributed by atoms with Crippen molar-refractivity contribution in [2.45, 2.75) is 0 Å². The molecule has 162 valence electrons. The van der Waals surface area contributed by atoms with Crippen molar-refractivity contribution in [2.75, 3.05) is 0 Å². The molecule has 5 aromatic carbocycles. The molecule has 5 aromatic rings. The van der Waals surface area contributed by atoms with Gasteiger partial charge in [0.2, 0.25) is 0 Å². The van der Waals surface area contributed by atoms with Crippen molar-refractivity contribution in [3.05, 3.63) is 149 Å². The van der Waals surface area contributed by atoms with E-state index >= 15 is 0 Å². The first kappa shape index (κ1) is 22.3. The third-order valence-electron chi connectivity index (χ3n) is 6.09. The van der Waals surface area contributed by atoms with E-state index in [2.05, 4.69) is 162 Å². The Labute approximate surface area is 210 Å². The zero-order valence-corrected chi connectivity index (χ0v) is 22.8. The molecule has 1 nitrogen and oxygen atoms in total. The van der Waals surface area contributed by atoms with Crippen molar-refractivity contribution in [3.8, 4) is 5.75 Å². The first-order valence-corrected chi connectivity index (χ1v) is 18.2. The quantitative estimate of drug-likeness (QED) is 0.182. The predicted octanol–water partition coefficient (Wildman–Crippen LogP) is 5.20. The van der Waals surface area contributed by atoms with Crippen LogP contribution in [0.3, 0.4) is 0 Å². The minimum absolute atomic E-state index is 0.885. The van der Waals surface area contributed by atoms with Crippen LogP contribution < -0.4 is 17.1 Å². The third kappa shape index (κ3) is 3.61. The van der Waals surface area contributed by atoms with E-state index in [9.17, 15) is 0 Å². The van der Waals surface area contributed by atoms with Crippen LogP contribution in [-0.4, -0.2) is 17.8 Å². The number of hydrogen-bond donors (Lipinski definition) is 0. The molecule has 0 unspecified atom stereocenters. The molecule has 0 saturated carbocycles. The summed E-state index contributed by atoms with van der Waals surface area (Å²) >= 11 is -2.38. The van der Waals surface area contributed by atoms with Gasteiger partial charge in [-0.3, -0.25) is 0 Å². The van der Waals surface area contributed by atoms with Crippen molar-refractivity contribution in [1.29, 1.82) is 0 Å². The number of para-hydroxylation sites is 1. The summed E-state index contributed by atoms with van der Waals surface area (Å²) in [6.45, 7) is 0. The fraction of sp³-hybridized carbons (Fsp3) is 0. The van der Waals surface area contributed by atoms with Crippen LogP contribution in [0, 0.1) is 3.57 Å². The van der Waals surface area contributed by atoms with Crippen LogP contribution >= 0.6 is 22.6 Å². The van der Waals surface area contributed by atoms with Crippen LogP contribution in [0.5, 0.6) is 5.75 Å². The van der Waals surface area contributed by atoms with Gasteiger partial charge in [0.15, 0.2) is 0 Å². The molecule has 0 N–H and O–H groups in total. The molecule has 3 heteroatoms. The van der Waals surface area contributed by atoms with Crippen LogP contribution in [0.2, 0.25) is 0 Å². The normalized spacial score (nSPS) is 12.5. The summed E-state index contributed by atoms with van der Waals surface area (Å²) in [5.74, 6) is 0.885. The second-order valence-corrected chi connectivity index (χ2v) is 21.3. The Hall–Kier alpha value is -2.55. The summed E-state index contributed by atoms with van der Waals surface area (Å²) in [6, 6.07) is 51.6. The van der Waals surface area contributed by atoms with Crippen LogP contribution in [0.4, 0.5) is 0 Å². The van der Waals surface area contributed by atoms with Crippen molar-refractivity contribution in [3.63, 3.8) is 0 Å². The molecule has 5 rings (SSSR count). The standard InChI is InChI=1S/C6H4I.C6H6O.3C6H5.Sb/c2*7-6-4-2-1-3-5-6;3*1-2-4-6-5-3-1;/h1-4H;1-5,7H;3*1-5H;/q;;;;;+1/p-1. The molecule has 0 aliphatic carbocycles. The van der Waals surface area contributed by atoms with Gasteiger partial charge in [0, 0.05) is 0 Å². The molecule has 0 spiro atoms. The Morgan fingerprint density at radius 3 is 1.21 bits per heavy atom. The van der Waals surface area contributed by atoms with Crippen LogP contribution in [-0.2, 0) is 0 Å². The Morgan fingerprint density at radius 2 is 0.788 bits per heavy atom. The van der Waals surface area contributed by atoms with Crippen LogP contribution in [0.25, 0.3) is 0 Å². The molecule has 0 aliphatic heterocycles. The van der Waals surface area contributed by atoms with E-state index in [1.165, 1.54) is 17.6 Å². The molecule has 0 aliphatic rings. The zero-order chi connectivity index (χ0) is 22.6. The Morgan fingerprint density at radius 1 is 0.424 bits per heavy atom. The number of halogens is 1. The first-order chi connectivity index (χ1) is 16.3. The van der Waals surface area contributed by atoms with E-state index < -0.39 is 17.8 Å². The monoisotopic (exact) mass is 648 g/mol. The zero-order valence-electron chi connectivity index (χ0n) is 18.1. The number of benzene rings is 5. The molecule has 0 atom stereocenters. The Bertz CT molecular complexity index is 1240. The summed E-state index contributed by atoms with van der Waals surface area (Å²) < 4.78 is 13.8. The second kappa shape index (κ2) is 9.36. The van der Waals surface area contributed by atoms with Gasteiger partial charge in [0.05, 0.1) is 0 Å². The summed E-state index contributed by atoms with van der Waals surface area (Å²) in [7, 11) is 0. The third-order valence-corrected chi connectivity index (χ3v) is 24.7. The van der Waals surface area contributed by atoms with Gasteiger partial charge in [-0.25, -0.2) is 0 Å². The molecule has 0 saturated heterocycles. The van der Waals surface area contributed by atoms with E-state index in [0.717, 1.165) is 5.75 Å². The van der Waals surface area contributed by atoms with Crippen molar-refractivity contribution in [2.24, 2.45) is 0 Å². The average Bonchev–Trinajstić information content (AvgIpc) is 2.90. The van der Waals surface area contributed by atoms with Gasteiger partial charge in [0.1, 0.15) is 0 Å². The Balaban J connectivity index is 2.07. The molecule has 0 radical (unpaired) electrons. The van der Waals surface area contributed by atoms with Crippen molar-refractivity contribution in [1.82, 2.24) is 0 Å². The summed E-state index contributed by atoms with van der Waals surface area (Å²) in [6.07, 6.45) is 0. The maximum absolute atomic E-state index is 7.61. The molecule has 0 heterocycles. The van der Waals surface area contributed by atoms with Crippen molar-refractivity contribution < 1.29 is 3.02 Å². The van der Waals surface area contributed by atoms with Gasteiger partial charge in [-0.2, -0.15) is 0 Å². The van der Waals surface area contributed by atoms with Crippen LogP contribution in [0.1, 0.15) is 0 Å². The molecule has 0 aromatic heterocycles. The fourth-order valence-corrected chi connectivity index (χ4v) is 24.6. The number of hydrogen-bond acceptors (Lipinski definition) is 1. The molecular formula is C30H24IOSb. The van der Waals surface area contributed by atoms with E-state index in [-0.39, 0.29) is 0 Å². The SMILES string of the molecule is Ic1cccc[c]1[Sb]([O]c1ccccc1)([c]1ccccc1)([c]1ccccc1)[c]1ccccc1. The van der Waals surface area contributed by atoms with Crippen molar-refractivity contribution >= 4 is 54.4 Å². The van der Waals surface area contributed by atoms with E-state index in [1.807, 2.05) is 6.07 Å². The van der Waals surface area contributed by atoms with Crippen LogP contribution in [0.15, 0.2) is 146 Å². The second-order valence-electron chi connectivity index (χ2n) is 7.90. The van der Waals surface area contributed by atoms with E-state index in [4.69, 9.17) is 3.02 Å². The van der Waals surface area contributed by atoms with Gasteiger partial charge < -0.3 is 0 Å². The van der Waals surface area contributed by atoms with Gasteiger partial charge in [0.25, 0.3) is 0 Å². The average molecular weight is 649 g/mol. The van der Waals surface area contributed by atoms with E-state index in [0.29, 0.717) is 0 Å². The van der Waals surface area contributed by atoms with Gasteiger partial charge >= 0.3 is 212 Å². The molecule has 0 bridgehead atoms. The topological polar surface area (TPSA) is 9.23 Å². The van der Waals surface area contributed by atoms with Gasteiger partial charge in [-0.15, -0.1) is 0 Å². The maximum atomic E-state index is 7.61. The molecular weight excluding hydrogens is 625 g/mol. The number of rotatable bonds is 6. The minimum atomic E-state index is -4.87. The first-order valence-electron chi connectivity index (χ1n) is 10.9. The molecule has 0 amide bonds. The summed E-state index contributed by atoms with van der Waals surface area (Å²) in [5.41, 5.74) is 0. The summed E-state index contributed by atoms with van der Waals surface area (Å²) in [5, 5.41) is 0. The Kier molecular flexibility index (Phi) is 6.31. The summed E-state index contributed by atoms with van der Waals surface area (Å²) in [4.78, 5) is 0. The van der Waals surface area contributed by atoms with E-state index in [1.54, 1.807) is 0 Å².